The molecular weight excluding hydrogens is 226 g/mol. The number of hydrogen-bond donors (Lipinski definition) is 2. The summed E-state index contributed by atoms with van der Waals surface area (Å²) in [4.78, 5) is 12.1. The van der Waals surface area contributed by atoms with Gasteiger partial charge in [-0.2, -0.15) is 0 Å². The molecule has 1 amide bonds. The highest BCUT2D eigenvalue weighted by Crippen LogP contribution is 2.42. The van der Waals surface area contributed by atoms with Gasteiger partial charge < -0.3 is 10.4 Å². The first-order chi connectivity index (χ1) is 8.49. The van der Waals surface area contributed by atoms with E-state index in [1.165, 1.54) is 0 Å². The first kappa shape index (κ1) is 12.9. The van der Waals surface area contributed by atoms with E-state index in [9.17, 15) is 9.90 Å². The fourth-order valence-corrected chi connectivity index (χ4v) is 2.79. The second-order valence-electron chi connectivity index (χ2n) is 5.82. The predicted molar refractivity (Wildman–Crippen MR) is 71.1 cm³/mol. The van der Waals surface area contributed by atoms with Crippen molar-refractivity contribution in [1.82, 2.24) is 5.32 Å². The minimum atomic E-state index is 0.114. The van der Waals surface area contributed by atoms with Gasteiger partial charge in [0.25, 0.3) is 0 Å². The van der Waals surface area contributed by atoms with Crippen molar-refractivity contribution in [2.45, 2.75) is 39.7 Å². The Hall–Kier alpha value is -1.51. The van der Waals surface area contributed by atoms with Crippen LogP contribution < -0.4 is 5.32 Å². The molecule has 0 radical (unpaired) electrons. The Morgan fingerprint density at radius 1 is 1.50 bits per heavy atom. The standard InChI is InChI=1S/C15H21NO2/c1-15(2)8-4-7-13(15)14(18)16-10-11-5-3-6-12(17)9-11/h3,5-6,9,13,17H,4,7-8,10H2,1-2H3,(H,16,18). The molecule has 1 fully saturated rings. The van der Waals surface area contributed by atoms with Gasteiger partial charge in [-0.05, 0) is 36.0 Å². The number of aromatic hydroxyl groups is 1. The second-order valence-corrected chi connectivity index (χ2v) is 5.82. The maximum Gasteiger partial charge on any atom is 0.223 e. The lowest BCUT2D eigenvalue weighted by Crippen LogP contribution is -2.35. The van der Waals surface area contributed by atoms with Crippen LogP contribution in [-0.2, 0) is 11.3 Å². The molecule has 1 aliphatic rings. The van der Waals surface area contributed by atoms with Crippen LogP contribution in [0.3, 0.4) is 0 Å². The summed E-state index contributed by atoms with van der Waals surface area (Å²) in [5.74, 6) is 0.499. The predicted octanol–water partition coefficient (Wildman–Crippen LogP) is 2.83. The number of nitrogens with one attached hydrogen (secondary N) is 1. The normalized spacial score (nSPS) is 21.8. The Morgan fingerprint density at radius 2 is 2.28 bits per heavy atom. The van der Waals surface area contributed by atoms with Gasteiger partial charge in [-0.3, -0.25) is 4.79 Å². The first-order valence-corrected chi connectivity index (χ1v) is 6.55. The maximum atomic E-state index is 12.1. The molecule has 1 aromatic rings. The van der Waals surface area contributed by atoms with Crippen molar-refractivity contribution in [3.63, 3.8) is 0 Å². The quantitative estimate of drug-likeness (QED) is 0.863. The second kappa shape index (κ2) is 5.01. The van der Waals surface area contributed by atoms with E-state index in [0.29, 0.717) is 6.54 Å². The number of benzene rings is 1. The van der Waals surface area contributed by atoms with Crippen molar-refractivity contribution in [3.05, 3.63) is 29.8 Å². The van der Waals surface area contributed by atoms with Crippen molar-refractivity contribution in [3.8, 4) is 5.75 Å². The van der Waals surface area contributed by atoms with Gasteiger partial charge in [0.1, 0.15) is 5.75 Å². The number of amides is 1. The molecule has 0 aromatic heterocycles. The van der Waals surface area contributed by atoms with Crippen LogP contribution in [0.15, 0.2) is 24.3 Å². The van der Waals surface area contributed by atoms with E-state index in [-0.39, 0.29) is 23.0 Å². The summed E-state index contributed by atoms with van der Waals surface area (Å²) in [6.07, 6.45) is 3.24. The van der Waals surface area contributed by atoms with Crippen LogP contribution in [0.2, 0.25) is 0 Å². The average Bonchev–Trinajstić information content (AvgIpc) is 2.66. The molecule has 3 nitrogen and oxygen atoms in total. The fourth-order valence-electron chi connectivity index (χ4n) is 2.79. The summed E-state index contributed by atoms with van der Waals surface area (Å²) in [5.41, 5.74) is 1.04. The van der Waals surface area contributed by atoms with E-state index < -0.39 is 0 Å². The summed E-state index contributed by atoms with van der Waals surface area (Å²) < 4.78 is 0. The molecule has 1 atom stereocenters. The molecule has 1 aliphatic carbocycles. The lowest BCUT2D eigenvalue weighted by Gasteiger charge is -2.25. The minimum absolute atomic E-state index is 0.114. The monoisotopic (exact) mass is 247 g/mol. The number of rotatable bonds is 3. The minimum Gasteiger partial charge on any atom is -0.508 e. The molecule has 18 heavy (non-hydrogen) atoms. The maximum absolute atomic E-state index is 12.1. The van der Waals surface area contributed by atoms with E-state index in [0.717, 1.165) is 24.8 Å². The van der Waals surface area contributed by atoms with E-state index in [1.54, 1.807) is 18.2 Å². The van der Waals surface area contributed by atoms with E-state index >= 15 is 0 Å². The molecule has 2 rings (SSSR count). The third kappa shape index (κ3) is 2.84. The highest BCUT2D eigenvalue weighted by molar-refractivity contribution is 5.79. The summed E-state index contributed by atoms with van der Waals surface area (Å²) >= 11 is 0. The Bertz CT molecular complexity index is 440. The van der Waals surface area contributed by atoms with Crippen molar-refractivity contribution >= 4 is 5.91 Å². The molecule has 0 saturated heterocycles. The van der Waals surface area contributed by atoms with Gasteiger partial charge in [-0.15, -0.1) is 0 Å². The van der Waals surface area contributed by atoms with Crippen LogP contribution in [0.4, 0.5) is 0 Å². The Morgan fingerprint density at radius 3 is 2.89 bits per heavy atom. The zero-order valence-corrected chi connectivity index (χ0v) is 11.1. The SMILES string of the molecule is CC1(C)CCCC1C(=O)NCc1cccc(O)c1. The van der Waals surface area contributed by atoms with Gasteiger partial charge in [-0.1, -0.05) is 32.4 Å². The molecule has 0 spiro atoms. The van der Waals surface area contributed by atoms with Crippen molar-refractivity contribution in [1.29, 1.82) is 0 Å². The Balaban J connectivity index is 1.93. The molecule has 0 bridgehead atoms. The van der Waals surface area contributed by atoms with Crippen molar-refractivity contribution in [2.24, 2.45) is 11.3 Å². The molecule has 1 saturated carbocycles. The van der Waals surface area contributed by atoms with Gasteiger partial charge in [-0.25, -0.2) is 0 Å². The number of carbonyl (C=O) groups excluding carboxylic acids is 1. The van der Waals surface area contributed by atoms with Gasteiger partial charge >= 0.3 is 0 Å². The van der Waals surface area contributed by atoms with Gasteiger partial charge in [0.15, 0.2) is 0 Å². The number of carbonyl (C=O) groups is 1. The van der Waals surface area contributed by atoms with Gasteiger partial charge in [0, 0.05) is 12.5 Å². The number of phenolic OH excluding ortho intramolecular Hbond substituents is 1. The van der Waals surface area contributed by atoms with Crippen LogP contribution in [0.25, 0.3) is 0 Å². The largest absolute Gasteiger partial charge is 0.508 e. The summed E-state index contributed by atoms with van der Waals surface area (Å²) in [6.45, 7) is 4.82. The van der Waals surface area contributed by atoms with E-state index in [4.69, 9.17) is 0 Å². The lowest BCUT2D eigenvalue weighted by atomic mass is 9.81. The summed E-state index contributed by atoms with van der Waals surface area (Å²) in [5, 5.41) is 12.3. The van der Waals surface area contributed by atoms with Crippen LogP contribution in [-0.4, -0.2) is 11.0 Å². The van der Waals surface area contributed by atoms with Gasteiger partial charge in [0.05, 0.1) is 0 Å². The fraction of sp³-hybridized carbons (Fsp3) is 0.533. The summed E-state index contributed by atoms with van der Waals surface area (Å²) in [6, 6.07) is 7.00. The van der Waals surface area contributed by atoms with Gasteiger partial charge in [0.2, 0.25) is 5.91 Å². The van der Waals surface area contributed by atoms with Crippen molar-refractivity contribution < 1.29 is 9.90 Å². The van der Waals surface area contributed by atoms with Crippen LogP contribution in [0, 0.1) is 11.3 Å². The molecule has 3 heteroatoms. The molecular formula is C15H21NO2. The third-order valence-electron chi connectivity index (χ3n) is 3.95. The van der Waals surface area contributed by atoms with Crippen LogP contribution in [0.5, 0.6) is 5.75 Å². The third-order valence-corrected chi connectivity index (χ3v) is 3.95. The Labute approximate surface area is 108 Å². The smallest absolute Gasteiger partial charge is 0.223 e. The highest BCUT2D eigenvalue weighted by atomic mass is 16.3. The summed E-state index contributed by atoms with van der Waals surface area (Å²) in [7, 11) is 0. The highest BCUT2D eigenvalue weighted by Gasteiger charge is 2.38. The lowest BCUT2D eigenvalue weighted by molar-refractivity contribution is -0.127. The average molecular weight is 247 g/mol. The Kier molecular flexibility index (Phi) is 3.60. The zero-order chi connectivity index (χ0) is 13.2. The first-order valence-electron chi connectivity index (χ1n) is 6.55. The van der Waals surface area contributed by atoms with Crippen LogP contribution >= 0.6 is 0 Å². The van der Waals surface area contributed by atoms with E-state index in [2.05, 4.69) is 19.2 Å². The molecule has 98 valence electrons. The number of hydrogen-bond acceptors (Lipinski definition) is 2. The van der Waals surface area contributed by atoms with Crippen molar-refractivity contribution in [2.75, 3.05) is 0 Å². The molecule has 0 heterocycles. The molecule has 2 N–H and O–H groups in total. The number of phenols is 1. The van der Waals surface area contributed by atoms with E-state index in [1.807, 2.05) is 6.07 Å². The topological polar surface area (TPSA) is 49.3 Å². The molecule has 1 unspecified atom stereocenters. The zero-order valence-electron chi connectivity index (χ0n) is 11.1. The van der Waals surface area contributed by atoms with Crippen LogP contribution in [0.1, 0.15) is 38.7 Å². The molecule has 1 aromatic carbocycles. The molecule has 0 aliphatic heterocycles.